The van der Waals surface area contributed by atoms with E-state index >= 15 is 0 Å². The van der Waals surface area contributed by atoms with Crippen molar-refractivity contribution in [1.82, 2.24) is 0 Å². The molecule has 1 aliphatic carbocycles. The fraction of sp³-hybridized carbons (Fsp3) is 0.500. The van der Waals surface area contributed by atoms with Gasteiger partial charge >= 0.3 is 11.9 Å². The Hall–Kier alpha value is -2.80. The molecule has 1 aromatic carbocycles. The maximum atomic E-state index is 12.8. The monoisotopic (exact) mass is 492 g/mol. The van der Waals surface area contributed by atoms with E-state index in [-0.39, 0.29) is 16.8 Å². The van der Waals surface area contributed by atoms with Crippen LogP contribution in [0, 0.1) is 0 Å². The van der Waals surface area contributed by atoms with Gasteiger partial charge in [0.2, 0.25) is 5.78 Å². The lowest BCUT2D eigenvalue weighted by Gasteiger charge is -2.28. The zero-order chi connectivity index (χ0) is 25.1. The largest absolute Gasteiger partial charge is 0.493 e. The highest BCUT2D eigenvalue weighted by Crippen LogP contribution is 2.40. The first-order valence-corrected chi connectivity index (χ1v) is 11.7. The first-order chi connectivity index (χ1) is 16.3. The smallest absolute Gasteiger partial charge is 0.305 e. The minimum Gasteiger partial charge on any atom is -0.493 e. The molecular formula is C26H33ClO7. The van der Waals surface area contributed by atoms with Gasteiger partial charge in [-0.25, -0.2) is 0 Å². The molecule has 34 heavy (non-hydrogen) atoms. The molecule has 1 atom stereocenters. The van der Waals surface area contributed by atoms with Crippen LogP contribution in [0.1, 0.15) is 57.4 Å². The standard InChI is InChI=1S/C26H33ClO7/c1-18(28)34-26(15-9-10-19-13-14-22(31-2)23(16-19)32-3)17-21(27)25(30)20(26)11-7-5-6-8-12-24(29)33-4/h11,13-14,16-17H,5-10,12,15H2,1-4H3/b20-11+. The van der Waals surface area contributed by atoms with Crippen LogP contribution < -0.4 is 9.47 Å². The van der Waals surface area contributed by atoms with Gasteiger partial charge in [0.1, 0.15) is 0 Å². The number of allylic oxidation sites excluding steroid dienone is 2. The number of Topliss-reactive ketones (excluding diaryl/α,β-unsaturated/α-hetero) is 1. The molecule has 1 unspecified atom stereocenters. The molecule has 0 radical (unpaired) electrons. The molecule has 0 spiro atoms. The zero-order valence-electron chi connectivity index (χ0n) is 20.3. The molecule has 0 aliphatic heterocycles. The number of methoxy groups -OCH3 is 3. The lowest BCUT2D eigenvalue weighted by molar-refractivity contribution is -0.150. The summed E-state index contributed by atoms with van der Waals surface area (Å²) >= 11 is 6.20. The number of carbonyl (C=O) groups is 3. The molecule has 0 N–H and O–H groups in total. The Morgan fingerprint density at radius 3 is 2.41 bits per heavy atom. The number of unbranched alkanes of at least 4 members (excludes halogenated alkanes) is 3. The van der Waals surface area contributed by atoms with Gasteiger partial charge in [0.25, 0.3) is 0 Å². The zero-order valence-corrected chi connectivity index (χ0v) is 21.0. The van der Waals surface area contributed by atoms with Crippen molar-refractivity contribution in [3.8, 4) is 11.5 Å². The SMILES string of the molecule is COC(=O)CCCCC/C=C1\C(=O)C(Cl)=CC1(CCCc1ccc(OC)c(OC)c1)OC(C)=O. The number of hydrogen-bond donors (Lipinski definition) is 0. The van der Waals surface area contributed by atoms with E-state index in [2.05, 4.69) is 4.74 Å². The van der Waals surface area contributed by atoms with Crippen molar-refractivity contribution < 1.29 is 33.3 Å². The maximum absolute atomic E-state index is 12.8. The van der Waals surface area contributed by atoms with Gasteiger partial charge in [0.05, 0.1) is 26.4 Å². The molecule has 0 fully saturated rings. The van der Waals surface area contributed by atoms with Crippen molar-refractivity contribution in [1.29, 1.82) is 0 Å². The summed E-state index contributed by atoms with van der Waals surface area (Å²) in [6.07, 6.45) is 8.39. The third kappa shape index (κ3) is 7.35. The maximum Gasteiger partial charge on any atom is 0.305 e. The Bertz CT molecular complexity index is 950. The van der Waals surface area contributed by atoms with Crippen molar-refractivity contribution in [2.75, 3.05) is 21.3 Å². The summed E-state index contributed by atoms with van der Waals surface area (Å²) in [5.74, 6) is 0.259. The van der Waals surface area contributed by atoms with Crippen LogP contribution in [-0.2, 0) is 30.3 Å². The third-order valence-electron chi connectivity index (χ3n) is 5.73. The van der Waals surface area contributed by atoms with E-state index in [4.69, 9.17) is 25.8 Å². The number of ether oxygens (including phenoxy) is 4. The minimum atomic E-state index is -1.18. The molecule has 0 heterocycles. The highest BCUT2D eigenvalue weighted by Gasteiger charge is 2.45. The van der Waals surface area contributed by atoms with E-state index in [0.717, 1.165) is 18.4 Å². The number of benzene rings is 1. The van der Waals surface area contributed by atoms with E-state index in [1.165, 1.54) is 14.0 Å². The molecule has 0 saturated carbocycles. The molecule has 0 bridgehead atoms. The van der Waals surface area contributed by atoms with Gasteiger partial charge in [-0.3, -0.25) is 14.4 Å². The predicted molar refractivity (Wildman–Crippen MR) is 129 cm³/mol. The van der Waals surface area contributed by atoms with Gasteiger partial charge in [-0.15, -0.1) is 0 Å². The van der Waals surface area contributed by atoms with Gasteiger partial charge in [-0.2, -0.15) is 0 Å². The number of carbonyl (C=O) groups excluding carboxylic acids is 3. The molecule has 7 nitrogen and oxygen atoms in total. The van der Waals surface area contributed by atoms with Crippen molar-refractivity contribution in [2.24, 2.45) is 0 Å². The third-order valence-corrected chi connectivity index (χ3v) is 6.01. The molecule has 1 aliphatic rings. The van der Waals surface area contributed by atoms with Gasteiger partial charge < -0.3 is 18.9 Å². The van der Waals surface area contributed by atoms with E-state index in [1.54, 1.807) is 20.3 Å². The van der Waals surface area contributed by atoms with Crippen LogP contribution in [0.5, 0.6) is 11.5 Å². The molecule has 8 heteroatoms. The Labute approximate surface area is 206 Å². The lowest BCUT2D eigenvalue weighted by atomic mass is 9.88. The molecule has 1 aromatic rings. The number of rotatable bonds is 13. The van der Waals surface area contributed by atoms with E-state index < -0.39 is 11.6 Å². The van der Waals surface area contributed by atoms with E-state index in [1.807, 2.05) is 24.3 Å². The molecular weight excluding hydrogens is 460 g/mol. The highest BCUT2D eigenvalue weighted by molar-refractivity contribution is 6.46. The van der Waals surface area contributed by atoms with Crippen LogP contribution >= 0.6 is 11.6 Å². The summed E-state index contributed by atoms with van der Waals surface area (Å²) in [6.45, 7) is 1.32. The summed E-state index contributed by atoms with van der Waals surface area (Å²) in [6, 6.07) is 5.70. The fourth-order valence-corrected chi connectivity index (χ4v) is 4.34. The average Bonchev–Trinajstić information content (AvgIpc) is 3.04. The van der Waals surface area contributed by atoms with Crippen LogP contribution in [0.3, 0.4) is 0 Å². The van der Waals surface area contributed by atoms with Crippen molar-refractivity contribution in [3.05, 3.63) is 46.5 Å². The van der Waals surface area contributed by atoms with Gasteiger partial charge in [0, 0.05) is 18.9 Å². The van der Waals surface area contributed by atoms with Gasteiger partial charge in [0.15, 0.2) is 17.1 Å². The first kappa shape index (κ1) is 27.4. The van der Waals surface area contributed by atoms with Crippen LogP contribution in [-0.4, -0.2) is 44.7 Å². The highest BCUT2D eigenvalue weighted by atomic mass is 35.5. The second-order valence-electron chi connectivity index (χ2n) is 8.14. The molecule has 2 rings (SSSR count). The number of esters is 2. The number of hydrogen-bond acceptors (Lipinski definition) is 7. The van der Waals surface area contributed by atoms with Crippen LogP contribution in [0.25, 0.3) is 0 Å². The molecule has 0 aromatic heterocycles. The van der Waals surface area contributed by atoms with Crippen molar-refractivity contribution in [2.45, 2.75) is 63.9 Å². The first-order valence-electron chi connectivity index (χ1n) is 11.4. The van der Waals surface area contributed by atoms with Crippen molar-refractivity contribution >= 4 is 29.3 Å². The summed E-state index contributed by atoms with van der Waals surface area (Å²) in [5.41, 5.74) is 0.252. The minimum absolute atomic E-state index is 0.0595. The Kier molecular flexibility index (Phi) is 10.6. The summed E-state index contributed by atoms with van der Waals surface area (Å²) in [5, 5.41) is 0.0595. The Balaban J connectivity index is 2.10. The van der Waals surface area contributed by atoms with Crippen LogP contribution in [0.2, 0.25) is 0 Å². The van der Waals surface area contributed by atoms with E-state index in [9.17, 15) is 14.4 Å². The number of ketones is 1. The lowest BCUT2D eigenvalue weighted by Crippen LogP contribution is -2.34. The normalized spacial score (nSPS) is 18.6. The Morgan fingerprint density at radius 1 is 1.03 bits per heavy atom. The topological polar surface area (TPSA) is 88.1 Å². The molecule has 0 saturated heterocycles. The second kappa shape index (κ2) is 13.2. The van der Waals surface area contributed by atoms with E-state index in [0.29, 0.717) is 55.6 Å². The molecule has 186 valence electrons. The summed E-state index contributed by atoms with van der Waals surface area (Å²) in [7, 11) is 4.54. The number of aryl methyl sites for hydroxylation is 1. The average molecular weight is 493 g/mol. The predicted octanol–water partition coefficient (Wildman–Crippen LogP) is 5.08. The van der Waals surface area contributed by atoms with Crippen LogP contribution in [0.4, 0.5) is 0 Å². The second-order valence-corrected chi connectivity index (χ2v) is 8.55. The number of halogens is 1. The Morgan fingerprint density at radius 2 is 1.76 bits per heavy atom. The van der Waals surface area contributed by atoms with Gasteiger partial charge in [-0.1, -0.05) is 30.2 Å². The molecule has 0 amide bonds. The van der Waals surface area contributed by atoms with Crippen molar-refractivity contribution in [3.63, 3.8) is 0 Å². The quantitative estimate of drug-likeness (QED) is 0.215. The van der Waals surface area contributed by atoms with Crippen LogP contribution in [0.15, 0.2) is 41.0 Å². The fourth-order valence-electron chi connectivity index (χ4n) is 4.06. The summed E-state index contributed by atoms with van der Waals surface area (Å²) < 4.78 is 21.0. The van der Waals surface area contributed by atoms with Gasteiger partial charge in [-0.05, 0) is 62.3 Å². The summed E-state index contributed by atoms with van der Waals surface area (Å²) in [4.78, 5) is 36.0.